The first kappa shape index (κ1) is 120. The van der Waals surface area contributed by atoms with Gasteiger partial charge in [0.15, 0.2) is 0 Å². The van der Waals surface area contributed by atoms with Crippen molar-refractivity contribution in [1.82, 2.24) is 0 Å². The van der Waals surface area contributed by atoms with Crippen molar-refractivity contribution in [1.29, 1.82) is 0 Å². The third-order valence-electron chi connectivity index (χ3n) is 40.6. The van der Waals surface area contributed by atoms with Gasteiger partial charge in [0.05, 0.1) is 0 Å². The summed E-state index contributed by atoms with van der Waals surface area (Å²) in [6, 6.07) is 0. The number of hydrogen-bond donors (Lipinski definition) is 0. The van der Waals surface area contributed by atoms with E-state index < -0.39 is 0 Å². The molecule has 0 bridgehead atoms. The number of fused-ring (bicyclic) bond motifs is 4. The largest absolute Gasteiger partial charge is 0.0649 e. The van der Waals surface area contributed by atoms with Gasteiger partial charge in [0.1, 0.15) is 0 Å². The molecule has 16 saturated carbocycles. The molecular formula is C130H252. The van der Waals surface area contributed by atoms with Crippen molar-refractivity contribution in [3.63, 3.8) is 0 Å². The number of rotatable bonds is 2. The van der Waals surface area contributed by atoms with Crippen LogP contribution in [0.1, 0.15) is 680 Å². The van der Waals surface area contributed by atoms with E-state index >= 15 is 0 Å². The summed E-state index contributed by atoms with van der Waals surface area (Å²) >= 11 is 0. The van der Waals surface area contributed by atoms with Gasteiger partial charge in [-0.25, -0.2) is 0 Å². The average Bonchev–Trinajstić information content (AvgIpc) is 1.59. The molecule has 0 radical (unpaired) electrons. The van der Waals surface area contributed by atoms with E-state index in [2.05, 4.69) is 263 Å². The Hall–Kier alpha value is 0. The Bertz CT molecular complexity index is 2800. The van der Waals surface area contributed by atoms with E-state index in [0.717, 1.165) is 52.8 Å². The lowest BCUT2D eigenvalue weighted by molar-refractivity contribution is 0.0203. The molecule has 16 aliphatic carbocycles. The maximum absolute atomic E-state index is 2.47. The smallest absolute Gasteiger partial charge is 0.0252 e. The van der Waals surface area contributed by atoms with Gasteiger partial charge >= 0.3 is 0 Å². The van der Waals surface area contributed by atoms with E-state index in [1.807, 2.05) is 0 Å². The third kappa shape index (κ3) is 45.9. The van der Waals surface area contributed by atoms with Crippen molar-refractivity contribution >= 4 is 0 Å². The summed E-state index contributed by atoms with van der Waals surface area (Å²) in [6.45, 7) is 91.8. The molecule has 772 valence electrons. The highest BCUT2D eigenvalue weighted by Gasteiger charge is 2.54. The molecule has 0 heteroatoms. The highest BCUT2D eigenvalue weighted by Crippen LogP contribution is 2.63. The van der Waals surface area contributed by atoms with Gasteiger partial charge in [0.25, 0.3) is 0 Å². The van der Waals surface area contributed by atoms with Crippen LogP contribution in [0, 0.1) is 150 Å². The van der Waals surface area contributed by atoms with Crippen LogP contribution in [-0.2, 0) is 0 Å². The molecule has 16 rings (SSSR count). The molecule has 6 atom stereocenters. The van der Waals surface area contributed by atoms with E-state index in [1.165, 1.54) is 417 Å². The minimum Gasteiger partial charge on any atom is -0.0649 e. The monoisotopic (exact) mass is 1810 g/mol. The normalized spacial score (nSPS) is 33.4. The molecule has 6 unspecified atom stereocenters. The fourth-order valence-electron chi connectivity index (χ4n) is 31.5. The van der Waals surface area contributed by atoms with Crippen LogP contribution in [0.5, 0.6) is 0 Å². The zero-order chi connectivity index (χ0) is 98.1. The summed E-state index contributed by atoms with van der Waals surface area (Å²) in [4.78, 5) is 0. The van der Waals surface area contributed by atoms with E-state index in [0.29, 0.717) is 97.5 Å². The second kappa shape index (κ2) is 51.3. The summed E-state index contributed by atoms with van der Waals surface area (Å²) in [5.74, 6) is 8.78. The van der Waals surface area contributed by atoms with Crippen LogP contribution in [0.3, 0.4) is 0 Å². The Morgan fingerprint density at radius 1 is 0.138 bits per heavy atom. The Morgan fingerprint density at radius 3 is 0.485 bits per heavy atom. The number of hydrogen-bond acceptors (Lipinski definition) is 0. The Labute approximate surface area is 825 Å². The van der Waals surface area contributed by atoms with Crippen molar-refractivity contribution in [2.75, 3.05) is 0 Å². The fourth-order valence-corrected chi connectivity index (χ4v) is 31.5. The summed E-state index contributed by atoms with van der Waals surface area (Å²) in [5, 5.41) is 0. The zero-order valence-corrected chi connectivity index (χ0v) is 98.1. The van der Waals surface area contributed by atoms with Crippen LogP contribution in [0.25, 0.3) is 0 Å². The van der Waals surface area contributed by atoms with E-state index in [1.54, 1.807) is 0 Å². The predicted molar refractivity (Wildman–Crippen MR) is 590 cm³/mol. The van der Waals surface area contributed by atoms with Gasteiger partial charge in [-0.3, -0.25) is 0 Å². The van der Waals surface area contributed by atoms with Crippen molar-refractivity contribution in [2.45, 2.75) is 680 Å². The molecule has 0 amide bonds. The zero-order valence-electron chi connectivity index (χ0n) is 98.1. The molecule has 0 N–H and O–H groups in total. The molecule has 0 nitrogen and oxygen atoms in total. The summed E-state index contributed by atoms with van der Waals surface area (Å²) in [7, 11) is 0. The van der Waals surface area contributed by atoms with Crippen molar-refractivity contribution in [3.05, 3.63) is 0 Å². The standard InChI is InChI=1S/C14H28.C13H24.C12H22.2C12H24.C11H20.C11H22.C10H18.2C10H20.C8H16.C7H14/c1-14(2)12-10-8-6-4-3-5-7-9-11-13-14;1-13(2)9-11-7-5-3-4-6-8-12(11)10-13;1-11(2)5-9-7-12(3,4)8-10(9)6-11;1-10(2)7-11(3,4)9-12(5,6)8-10;1-5-12(6-2)9-7-11(3,4)8-10-12;1-11(2)7-9-5-3-4-6-10(9)8-11;1-9(2)7-8-10(3,4)11(9,5)6;1-10(2)6-8-4-3-5-9(8)7-10;1-9(2)5-7-10(3,4)8-6-9;1-10(2)8-6-4-3-5-7-9-10;1-8(2)6-4-3-5-7-8;1-7(2)5-3-4-6-7/h3-13H2,1-2H3;11-12H,3-10H2,1-2H3;9-10H,5-8H2,1-4H3;7-9H2,1-6H3;5-10H2,1-4H3;9-10H,3-8H2,1-2H3;7-8H2,1-6H3;8-9H,3-7H2,1-2H3;5-8H2,1-4H3;3-9H2,1-2H3;3-7H2,1-2H3;3-6H2,1-2H3. The first-order valence-electron chi connectivity index (χ1n) is 59.5. The van der Waals surface area contributed by atoms with Gasteiger partial charge in [0, 0.05) is 0 Å². The van der Waals surface area contributed by atoms with E-state index in [4.69, 9.17) is 0 Å². The van der Waals surface area contributed by atoms with Gasteiger partial charge in [-0.2, -0.15) is 0 Å². The first-order chi connectivity index (χ1) is 59.5. The van der Waals surface area contributed by atoms with Crippen molar-refractivity contribution < 1.29 is 0 Å². The lowest BCUT2D eigenvalue weighted by Gasteiger charge is -2.49. The summed E-state index contributed by atoms with van der Waals surface area (Å²) < 4.78 is 0. The van der Waals surface area contributed by atoms with Crippen LogP contribution in [0.15, 0.2) is 0 Å². The van der Waals surface area contributed by atoms with E-state index in [-0.39, 0.29) is 0 Å². The first-order valence-corrected chi connectivity index (χ1v) is 59.5. The molecule has 0 heterocycles. The lowest BCUT2D eigenvalue weighted by Crippen LogP contribution is -2.38. The van der Waals surface area contributed by atoms with Crippen molar-refractivity contribution in [3.8, 4) is 0 Å². The van der Waals surface area contributed by atoms with Gasteiger partial charge in [-0.05, 0) is 349 Å². The molecule has 16 fully saturated rings. The van der Waals surface area contributed by atoms with Crippen LogP contribution < -0.4 is 0 Å². The highest BCUT2D eigenvalue weighted by atomic mass is 14.6. The fraction of sp³-hybridized carbons (Fsp3) is 1.00. The minimum absolute atomic E-state index is 0.486. The Balaban J connectivity index is 0.000000252. The summed E-state index contributed by atoms with van der Waals surface area (Å²) in [6.07, 6.45) is 95.6. The molecule has 0 spiro atoms. The molecule has 130 heavy (non-hydrogen) atoms. The Kier molecular flexibility index (Phi) is 47.5. The summed E-state index contributed by atoms with van der Waals surface area (Å²) in [5.41, 5.74) is 11.8. The molecular weight excluding hydrogens is 1560 g/mol. The van der Waals surface area contributed by atoms with Crippen LogP contribution in [0.2, 0.25) is 0 Å². The molecule has 0 aromatic heterocycles. The topological polar surface area (TPSA) is 0 Å². The lowest BCUT2D eigenvalue weighted by atomic mass is 9.56. The molecule has 0 aromatic rings. The van der Waals surface area contributed by atoms with Crippen LogP contribution in [-0.4, -0.2) is 0 Å². The van der Waals surface area contributed by atoms with Crippen LogP contribution in [0.4, 0.5) is 0 Å². The second-order valence-electron chi connectivity index (χ2n) is 64.1. The SMILES string of the molecule is CC1(C)CC(C)(C)CC(C)(C)C1.CC1(C)CC2CC(C)(C)CC2C1.CC1(C)CC2CCCC2C1.CC1(C)CC2CCCCC2C1.CC1(C)CC2CCCCCCC2C1.CC1(C)CCC(C)(C)C1(C)C.CC1(C)CCC(C)(C)CC1.CC1(C)CCCC1.CC1(C)CCCCC1.CC1(C)CCCCCCC1.CC1(C)CCCCCCCCCCC1.CCC1(CC)CCC(C)(C)CC1. The van der Waals surface area contributed by atoms with Gasteiger partial charge in [0.2, 0.25) is 0 Å². The quantitative estimate of drug-likeness (QED) is 0.259. The molecule has 16 aliphatic rings. The molecule has 0 aliphatic heterocycles. The Morgan fingerprint density at radius 2 is 0.292 bits per heavy atom. The highest BCUT2D eigenvalue weighted by molar-refractivity contribution is 5.04. The maximum Gasteiger partial charge on any atom is -0.0252 e. The van der Waals surface area contributed by atoms with Gasteiger partial charge < -0.3 is 0 Å². The molecule has 0 saturated heterocycles. The minimum atomic E-state index is 0.486. The van der Waals surface area contributed by atoms with Gasteiger partial charge in [-0.15, -0.1) is 0 Å². The third-order valence-corrected chi connectivity index (χ3v) is 40.6. The van der Waals surface area contributed by atoms with Crippen molar-refractivity contribution in [2.24, 2.45) is 150 Å². The van der Waals surface area contributed by atoms with Crippen LogP contribution >= 0.6 is 0 Å². The van der Waals surface area contributed by atoms with Gasteiger partial charge in [-0.1, -0.05) is 481 Å². The predicted octanol–water partition coefficient (Wildman–Crippen LogP) is 45.8. The molecule has 0 aromatic carbocycles. The second-order valence-corrected chi connectivity index (χ2v) is 64.1. The maximum atomic E-state index is 2.47. The van der Waals surface area contributed by atoms with E-state index in [9.17, 15) is 0 Å². The average molecular weight is 1820 g/mol.